The molecule has 1 heterocycles. The van der Waals surface area contributed by atoms with E-state index in [1.165, 1.54) is 18.4 Å². The van der Waals surface area contributed by atoms with Gasteiger partial charge in [0.1, 0.15) is 6.54 Å². The first kappa shape index (κ1) is 14.1. The second kappa shape index (κ2) is 5.74. The number of rotatable bonds is 6. The lowest BCUT2D eigenvalue weighted by molar-refractivity contribution is -0.122. The number of hydrogen-bond acceptors (Lipinski definition) is 3. The summed E-state index contributed by atoms with van der Waals surface area (Å²) in [5.41, 5.74) is 3.33. The Morgan fingerprint density at radius 3 is 2.68 bits per heavy atom. The molecule has 2 N–H and O–H groups in total. The highest BCUT2D eigenvalue weighted by Crippen LogP contribution is 2.20. The largest absolute Gasteiger partial charge is 0.352 e. The molecule has 0 radical (unpaired) electrons. The second-order valence-electron chi connectivity index (χ2n) is 5.68. The minimum Gasteiger partial charge on any atom is -0.352 e. The quantitative estimate of drug-likeness (QED) is 0.813. The van der Waals surface area contributed by atoms with E-state index < -0.39 is 0 Å². The summed E-state index contributed by atoms with van der Waals surface area (Å²) >= 11 is 0. The first-order chi connectivity index (χ1) is 8.97. The molecule has 19 heavy (non-hydrogen) atoms. The van der Waals surface area contributed by atoms with Crippen LogP contribution in [0.5, 0.6) is 0 Å². The summed E-state index contributed by atoms with van der Waals surface area (Å²) < 4.78 is 1.80. The summed E-state index contributed by atoms with van der Waals surface area (Å²) in [6.07, 6.45) is 2.56. The van der Waals surface area contributed by atoms with Gasteiger partial charge in [-0.1, -0.05) is 0 Å². The number of hydrogen-bond donors (Lipinski definition) is 2. The third-order valence-corrected chi connectivity index (χ3v) is 3.42. The van der Waals surface area contributed by atoms with E-state index in [2.05, 4.69) is 15.7 Å². The molecule has 1 amide bonds. The Kier molecular flexibility index (Phi) is 4.24. The molecule has 1 aromatic heterocycles. The van der Waals surface area contributed by atoms with Crippen molar-refractivity contribution >= 4 is 5.91 Å². The van der Waals surface area contributed by atoms with Crippen LogP contribution in [-0.2, 0) is 17.9 Å². The van der Waals surface area contributed by atoms with Gasteiger partial charge >= 0.3 is 0 Å². The van der Waals surface area contributed by atoms with Crippen LogP contribution in [0.2, 0.25) is 0 Å². The maximum Gasteiger partial charge on any atom is 0.241 e. The molecule has 0 unspecified atom stereocenters. The fourth-order valence-electron chi connectivity index (χ4n) is 2.18. The van der Waals surface area contributed by atoms with Crippen molar-refractivity contribution in [2.45, 2.75) is 65.7 Å². The number of carbonyl (C=O) groups is 1. The molecule has 0 spiro atoms. The standard InChI is InChI=1S/C14H24N4O/c1-9(2)16-14(19)8-18-11(4)13(10(3)17-18)7-15-12-5-6-12/h9,12,15H,5-8H2,1-4H3,(H,16,19). The van der Waals surface area contributed by atoms with Crippen molar-refractivity contribution in [2.24, 2.45) is 0 Å². The molecule has 0 aliphatic heterocycles. The van der Waals surface area contributed by atoms with Crippen molar-refractivity contribution in [3.05, 3.63) is 17.0 Å². The Labute approximate surface area is 114 Å². The van der Waals surface area contributed by atoms with Gasteiger partial charge in [-0.25, -0.2) is 0 Å². The fraction of sp³-hybridized carbons (Fsp3) is 0.714. The molecule has 0 bridgehead atoms. The molecule has 5 heteroatoms. The van der Waals surface area contributed by atoms with Gasteiger partial charge in [-0.3, -0.25) is 9.48 Å². The topological polar surface area (TPSA) is 59.0 Å². The number of amides is 1. The lowest BCUT2D eigenvalue weighted by atomic mass is 10.2. The Morgan fingerprint density at radius 2 is 2.11 bits per heavy atom. The predicted molar refractivity (Wildman–Crippen MR) is 74.8 cm³/mol. The first-order valence-corrected chi connectivity index (χ1v) is 7.03. The van der Waals surface area contributed by atoms with Crippen molar-refractivity contribution in [2.75, 3.05) is 0 Å². The molecule has 1 aromatic rings. The summed E-state index contributed by atoms with van der Waals surface area (Å²) in [7, 11) is 0. The summed E-state index contributed by atoms with van der Waals surface area (Å²) in [4.78, 5) is 11.8. The molecule has 2 rings (SSSR count). The van der Waals surface area contributed by atoms with Gasteiger partial charge in [-0.05, 0) is 40.5 Å². The Hall–Kier alpha value is -1.36. The zero-order chi connectivity index (χ0) is 14.0. The fourth-order valence-corrected chi connectivity index (χ4v) is 2.18. The van der Waals surface area contributed by atoms with Crippen LogP contribution in [0, 0.1) is 13.8 Å². The summed E-state index contributed by atoms with van der Waals surface area (Å²) in [6.45, 7) is 9.12. The van der Waals surface area contributed by atoms with Crippen molar-refractivity contribution in [3.63, 3.8) is 0 Å². The number of nitrogens with one attached hydrogen (secondary N) is 2. The number of carbonyl (C=O) groups excluding carboxylic acids is 1. The van der Waals surface area contributed by atoms with Crippen molar-refractivity contribution in [3.8, 4) is 0 Å². The highest BCUT2D eigenvalue weighted by molar-refractivity contribution is 5.76. The van der Waals surface area contributed by atoms with Crippen LogP contribution in [-0.4, -0.2) is 27.8 Å². The van der Waals surface area contributed by atoms with E-state index >= 15 is 0 Å². The van der Waals surface area contributed by atoms with Crippen LogP contribution in [0.4, 0.5) is 0 Å². The maximum atomic E-state index is 11.8. The molecular formula is C14H24N4O. The first-order valence-electron chi connectivity index (χ1n) is 7.03. The zero-order valence-corrected chi connectivity index (χ0v) is 12.3. The predicted octanol–water partition coefficient (Wildman–Crippen LogP) is 1.28. The van der Waals surface area contributed by atoms with E-state index in [-0.39, 0.29) is 11.9 Å². The van der Waals surface area contributed by atoms with Gasteiger partial charge in [0.2, 0.25) is 5.91 Å². The van der Waals surface area contributed by atoms with Crippen LogP contribution < -0.4 is 10.6 Å². The molecular weight excluding hydrogens is 240 g/mol. The molecule has 5 nitrogen and oxygen atoms in total. The smallest absolute Gasteiger partial charge is 0.241 e. The van der Waals surface area contributed by atoms with Crippen LogP contribution in [0.25, 0.3) is 0 Å². The highest BCUT2D eigenvalue weighted by Gasteiger charge is 2.22. The number of aromatic nitrogens is 2. The average molecular weight is 264 g/mol. The van der Waals surface area contributed by atoms with Gasteiger partial charge < -0.3 is 10.6 Å². The minimum atomic E-state index is 0.0160. The molecule has 106 valence electrons. The van der Waals surface area contributed by atoms with E-state index in [0.29, 0.717) is 12.6 Å². The Morgan fingerprint density at radius 1 is 1.42 bits per heavy atom. The second-order valence-corrected chi connectivity index (χ2v) is 5.68. The molecule has 1 aliphatic rings. The summed E-state index contributed by atoms with van der Waals surface area (Å²) in [5.74, 6) is 0.0160. The lowest BCUT2D eigenvalue weighted by Gasteiger charge is -2.09. The van der Waals surface area contributed by atoms with Crippen molar-refractivity contribution in [1.29, 1.82) is 0 Å². The van der Waals surface area contributed by atoms with E-state index in [4.69, 9.17) is 0 Å². The average Bonchev–Trinajstić information content (AvgIpc) is 3.06. The van der Waals surface area contributed by atoms with E-state index in [1.807, 2.05) is 27.7 Å². The molecule has 1 aliphatic carbocycles. The zero-order valence-electron chi connectivity index (χ0n) is 12.3. The molecule has 1 fully saturated rings. The SMILES string of the molecule is Cc1nn(CC(=O)NC(C)C)c(C)c1CNC1CC1. The van der Waals surface area contributed by atoms with Crippen LogP contribution in [0.3, 0.4) is 0 Å². The highest BCUT2D eigenvalue weighted by atomic mass is 16.2. The minimum absolute atomic E-state index is 0.0160. The normalized spacial score (nSPS) is 15.0. The maximum absolute atomic E-state index is 11.8. The van der Waals surface area contributed by atoms with Gasteiger partial charge in [0.05, 0.1) is 5.69 Å². The van der Waals surface area contributed by atoms with Gasteiger partial charge in [0, 0.05) is 29.9 Å². The molecule has 0 saturated heterocycles. The van der Waals surface area contributed by atoms with Gasteiger partial charge in [0.15, 0.2) is 0 Å². The van der Waals surface area contributed by atoms with Gasteiger partial charge in [-0.2, -0.15) is 5.10 Å². The summed E-state index contributed by atoms with van der Waals surface area (Å²) in [6, 6.07) is 0.854. The van der Waals surface area contributed by atoms with Crippen molar-refractivity contribution < 1.29 is 4.79 Å². The number of nitrogens with zero attached hydrogens (tertiary/aromatic N) is 2. The van der Waals surface area contributed by atoms with Gasteiger partial charge in [-0.15, -0.1) is 0 Å². The molecule has 1 saturated carbocycles. The van der Waals surface area contributed by atoms with Crippen LogP contribution >= 0.6 is 0 Å². The van der Waals surface area contributed by atoms with E-state index in [0.717, 1.165) is 17.9 Å². The monoisotopic (exact) mass is 264 g/mol. The van der Waals surface area contributed by atoms with Crippen molar-refractivity contribution in [1.82, 2.24) is 20.4 Å². The van der Waals surface area contributed by atoms with E-state index in [1.54, 1.807) is 4.68 Å². The third kappa shape index (κ3) is 3.80. The summed E-state index contributed by atoms with van der Waals surface area (Å²) in [5, 5.41) is 10.9. The number of aryl methyl sites for hydroxylation is 1. The van der Waals surface area contributed by atoms with Gasteiger partial charge in [0.25, 0.3) is 0 Å². The Bertz CT molecular complexity index is 460. The van der Waals surface area contributed by atoms with Crippen LogP contribution in [0.15, 0.2) is 0 Å². The van der Waals surface area contributed by atoms with Crippen LogP contribution in [0.1, 0.15) is 43.6 Å². The molecule has 0 atom stereocenters. The van der Waals surface area contributed by atoms with E-state index in [9.17, 15) is 4.79 Å². The lowest BCUT2D eigenvalue weighted by Crippen LogP contribution is -2.33. The molecule has 0 aromatic carbocycles. The third-order valence-electron chi connectivity index (χ3n) is 3.42. The Balaban J connectivity index is 2.00.